The molecule has 148 valence electrons. The molecule has 1 N–H and O–H groups in total. The average molecular weight is 407 g/mol. The summed E-state index contributed by atoms with van der Waals surface area (Å²) >= 11 is 0. The van der Waals surface area contributed by atoms with Gasteiger partial charge >= 0.3 is 0 Å². The summed E-state index contributed by atoms with van der Waals surface area (Å²) in [6, 6.07) is 4.34. The van der Waals surface area contributed by atoms with E-state index in [4.69, 9.17) is 9.47 Å². The van der Waals surface area contributed by atoms with Crippen LogP contribution >= 0.6 is 0 Å². The van der Waals surface area contributed by atoms with E-state index in [9.17, 15) is 16.8 Å². The number of hydrogen-bond donors (Lipinski definition) is 1. The average Bonchev–Trinajstić information content (AvgIpc) is 2.56. The summed E-state index contributed by atoms with van der Waals surface area (Å²) in [5.41, 5.74) is 0. The number of nitrogens with one attached hydrogen (secondary N) is 1. The van der Waals surface area contributed by atoms with Gasteiger partial charge in [-0.25, -0.2) is 21.6 Å². The van der Waals surface area contributed by atoms with Crippen molar-refractivity contribution >= 4 is 20.0 Å². The van der Waals surface area contributed by atoms with E-state index < -0.39 is 20.0 Å². The van der Waals surface area contributed by atoms with Crippen molar-refractivity contribution in [3.05, 3.63) is 18.2 Å². The molecule has 0 aliphatic carbocycles. The molecular weight excluding hydrogens is 380 g/mol. The molecule has 1 heterocycles. The molecule has 8 nitrogen and oxygen atoms in total. The van der Waals surface area contributed by atoms with Crippen LogP contribution in [0.5, 0.6) is 11.5 Å². The Hall–Kier alpha value is -1.36. The number of sulfonamides is 2. The molecule has 0 spiro atoms. The zero-order valence-corrected chi connectivity index (χ0v) is 16.9. The van der Waals surface area contributed by atoms with Crippen LogP contribution in [0.2, 0.25) is 0 Å². The van der Waals surface area contributed by atoms with Gasteiger partial charge in [-0.1, -0.05) is 0 Å². The summed E-state index contributed by atoms with van der Waals surface area (Å²) in [6.45, 7) is 5.02. The fourth-order valence-electron chi connectivity index (χ4n) is 2.86. The van der Waals surface area contributed by atoms with Crippen molar-refractivity contribution in [1.29, 1.82) is 0 Å². The lowest BCUT2D eigenvalue weighted by Gasteiger charge is -2.31. The minimum Gasteiger partial charge on any atom is -0.490 e. The van der Waals surface area contributed by atoms with Gasteiger partial charge in [0.1, 0.15) is 0 Å². The first-order chi connectivity index (χ1) is 12.2. The van der Waals surface area contributed by atoms with E-state index in [-0.39, 0.29) is 24.0 Å². The topological polar surface area (TPSA) is 102 Å². The summed E-state index contributed by atoms with van der Waals surface area (Å²) in [5, 5.41) is 0. The summed E-state index contributed by atoms with van der Waals surface area (Å²) in [6.07, 6.45) is 1.97. The van der Waals surface area contributed by atoms with Crippen molar-refractivity contribution in [2.45, 2.75) is 37.6 Å². The molecule has 0 aromatic heterocycles. The van der Waals surface area contributed by atoms with Gasteiger partial charge in [-0.3, -0.25) is 0 Å². The first-order valence-corrected chi connectivity index (χ1v) is 11.9. The van der Waals surface area contributed by atoms with Crippen molar-refractivity contribution in [2.24, 2.45) is 0 Å². The molecule has 1 fully saturated rings. The van der Waals surface area contributed by atoms with Gasteiger partial charge in [0.25, 0.3) is 0 Å². The largest absolute Gasteiger partial charge is 0.490 e. The number of hydrogen-bond acceptors (Lipinski definition) is 6. The normalized spacial score (nSPS) is 17.2. The second-order valence-corrected chi connectivity index (χ2v) is 9.76. The van der Waals surface area contributed by atoms with Crippen molar-refractivity contribution in [3.63, 3.8) is 0 Å². The maximum absolute atomic E-state index is 12.9. The Labute approximate surface area is 155 Å². The van der Waals surface area contributed by atoms with E-state index in [1.807, 2.05) is 13.8 Å². The van der Waals surface area contributed by atoms with Gasteiger partial charge in [0.05, 0.1) is 24.4 Å². The summed E-state index contributed by atoms with van der Waals surface area (Å²) in [5.74, 6) is 0.897. The number of rotatable bonds is 8. The first kappa shape index (κ1) is 20.9. The molecule has 0 amide bonds. The maximum atomic E-state index is 12.9. The molecule has 0 bridgehead atoms. The Kier molecular flexibility index (Phi) is 6.89. The van der Waals surface area contributed by atoms with Crippen LogP contribution in [-0.4, -0.2) is 59.7 Å². The highest BCUT2D eigenvalue weighted by atomic mass is 32.2. The third kappa shape index (κ3) is 5.32. The molecule has 1 aliphatic rings. The van der Waals surface area contributed by atoms with E-state index in [1.165, 1.54) is 16.4 Å². The van der Waals surface area contributed by atoms with Gasteiger partial charge in [0.15, 0.2) is 11.5 Å². The molecule has 0 atom stereocenters. The lowest BCUT2D eigenvalue weighted by Crippen LogP contribution is -2.46. The lowest BCUT2D eigenvalue weighted by molar-refractivity contribution is 0.286. The lowest BCUT2D eigenvalue weighted by atomic mass is 10.1. The van der Waals surface area contributed by atoms with Crippen LogP contribution in [-0.2, 0) is 20.0 Å². The molecule has 1 aromatic rings. The molecule has 1 aromatic carbocycles. The quantitative estimate of drug-likeness (QED) is 0.696. The van der Waals surface area contributed by atoms with E-state index in [0.717, 1.165) is 6.26 Å². The summed E-state index contributed by atoms with van der Waals surface area (Å²) < 4.78 is 63.3. The maximum Gasteiger partial charge on any atom is 0.243 e. The number of benzene rings is 1. The van der Waals surface area contributed by atoms with Crippen LogP contribution in [0.3, 0.4) is 0 Å². The summed E-state index contributed by atoms with van der Waals surface area (Å²) in [4.78, 5) is 0.138. The molecule has 0 unspecified atom stereocenters. The van der Waals surface area contributed by atoms with E-state index >= 15 is 0 Å². The minimum atomic E-state index is -3.68. The monoisotopic (exact) mass is 406 g/mol. The third-order valence-electron chi connectivity index (χ3n) is 3.99. The van der Waals surface area contributed by atoms with Crippen LogP contribution in [0.1, 0.15) is 26.7 Å². The Morgan fingerprint density at radius 1 is 1.04 bits per heavy atom. The second kappa shape index (κ2) is 8.55. The van der Waals surface area contributed by atoms with Crippen LogP contribution in [0.15, 0.2) is 23.1 Å². The smallest absolute Gasteiger partial charge is 0.243 e. The second-order valence-electron chi connectivity index (χ2n) is 6.04. The highest BCUT2D eigenvalue weighted by Crippen LogP contribution is 2.32. The molecular formula is C16H26N2O6S2. The molecule has 2 rings (SSSR count). The van der Waals surface area contributed by atoms with E-state index in [1.54, 1.807) is 6.07 Å². The Morgan fingerprint density at radius 2 is 1.62 bits per heavy atom. The minimum absolute atomic E-state index is 0.138. The number of nitrogens with zero attached hydrogens (tertiary/aromatic N) is 1. The van der Waals surface area contributed by atoms with Crippen LogP contribution < -0.4 is 14.2 Å². The highest BCUT2D eigenvalue weighted by molar-refractivity contribution is 7.89. The van der Waals surface area contributed by atoms with Gasteiger partial charge in [0, 0.05) is 25.2 Å². The van der Waals surface area contributed by atoms with Gasteiger partial charge < -0.3 is 9.47 Å². The van der Waals surface area contributed by atoms with Crippen LogP contribution in [0.25, 0.3) is 0 Å². The fourth-order valence-corrected chi connectivity index (χ4v) is 5.18. The Balaban J connectivity index is 2.16. The van der Waals surface area contributed by atoms with Gasteiger partial charge in [-0.15, -0.1) is 0 Å². The van der Waals surface area contributed by atoms with Crippen molar-refractivity contribution in [2.75, 3.05) is 32.6 Å². The van der Waals surface area contributed by atoms with Gasteiger partial charge in [-0.05, 0) is 38.8 Å². The third-order valence-corrected chi connectivity index (χ3v) is 6.64. The zero-order valence-electron chi connectivity index (χ0n) is 15.3. The fraction of sp³-hybridized carbons (Fsp3) is 0.625. The van der Waals surface area contributed by atoms with Gasteiger partial charge in [0.2, 0.25) is 20.0 Å². The van der Waals surface area contributed by atoms with Crippen LogP contribution in [0, 0.1) is 0 Å². The zero-order chi connectivity index (χ0) is 19.4. The molecule has 1 saturated heterocycles. The SMILES string of the molecule is CCOc1ccc(S(=O)(=O)N2CCC(NS(C)(=O)=O)CC2)cc1OCC. The standard InChI is InChI=1S/C16H26N2O6S2/c1-4-23-15-7-6-14(12-16(15)24-5-2)26(21,22)18-10-8-13(9-11-18)17-25(3,19)20/h6-7,12-13,17H,4-5,8-11H2,1-3H3. The summed E-state index contributed by atoms with van der Waals surface area (Å²) in [7, 11) is -6.98. The molecule has 0 saturated carbocycles. The first-order valence-electron chi connectivity index (χ1n) is 8.54. The molecule has 10 heteroatoms. The van der Waals surface area contributed by atoms with Crippen LogP contribution in [0.4, 0.5) is 0 Å². The predicted molar refractivity (Wildman–Crippen MR) is 98.5 cm³/mol. The Bertz CT molecular complexity index is 815. The molecule has 26 heavy (non-hydrogen) atoms. The highest BCUT2D eigenvalue weighted by Gasteiger charge is 2.31. The van der Waals surface area contributed by atoms with Crippen molar-refractivity contribution < 1.29 is 26.3 Å². The van der Waals surface area contributed by atoms with E-state index in [2.05, 4.69) is 4.72 Å². The Morgan fingerprint density at radius 3 is 2.15 bits per heavy atom. The van der Waals surface area contributed by atoms with Crippen molar-refractivity contribution in [3.8, 4) is 11.5 Å². The predicted octanol–water partition coefficient (Wildman–Crippen LogP) is 1.19. The molecule has 0 radical (unpaired) electrons. The number of ether oxygens (including phenoxy) is 2. The van der Waals surface area contributed by atoms with Crippen molar-refractivity contribution in [1.82, 2.24) is 9.03 Å². The number of piperidine rings is 1. The van der Waals surface area contributed by atoms with E-state index in [0.29, 0.717) is 37.6 Å². The molecule has 1 aliphatic heterocycles. The van der Waals surface area contributed by atoms with Gasteiger partial charge in [-0.2, -0.15) is 4.31 Å².